The topological polar surface area (TPSA) is 60.4 Å². The van der Waals surface area contributed by atoms with Gasteiger partial charge in [-0.15, -0.1) is 0 Å². The Morgan fingerprint density at radius 1 is 0.812 bits per heavy atom. The Morgan fingerprint density at radius 2 is 1.25 bits per heavy atom. The van der Waals surface area contributed by atoms with Crippen LogP contribution in [0.15, 0.2) is 43.3 Å². The van der Waals surface area contributed by atoms with E-state index in [1.807, 2.05) is 0 Å². The lowest BCUT2D eigenvalue weighted by Gasteiger charge is -1.92. The number of rotatable bonds is 5. The van der Waals surface area contributed by atoms with Crippen molar-refractivity contribution < 1.29 is 18.4 Å². The molecule has 0 saturated carbocycles. The number of aldehydes is 2. The Bertz CT molecular complexity index is 454. The lowest BCUT2D eigenvalue weighted by atomic mass is 10.5. The van der Waals surface area contributed by atoms with E-state index in [1.165, 1.54) is 21.6 Å². The second kappa shape index (κ2) is 5.09. The van der Waals surface area contributed by atoms with E-state index in [4.69, 9.17) is 8.83 Å². The van der Waals surface area contributed by atoms with Gasteiger partial charge in [0.1, 0.15) is 0 Å². The molecule has 2 rings (SSSR count). The first kappa shape index (κ1) is 11.1. The highest BCUT2D eigenvalue weighted by atomic mass is 33.1. The Hall–Kier alpha value is -1.40. The first-order valence-electron chi connectivity index (χ1n) is 4.26. The van der Waals surface area contributed by atoms with Crippen LogP contribution in [0.4, 0.5) is 0 Å². The zero-order valence-corrected chi connectivity index (χ0v) is 9.55. The van der Waals surface area contributed by atoms with Gasteiger partial charge in [-0.2, -0.15) is 0 Å². The van der Waals surface area contributed by atoms with Crippen LogP contribution < -0.4 is 0 Å². The van der Waals surface area contributed by atoms with Gasteiger partial charge in [-0.05, 0) is 45.9 Å². The van der Waals surface area contributed by atoms with Gasteiger partial charge in [-0.3, -0.25) is 9.59 Å². The van der Waals surface area contributed by atoms with Crippen LogP contribution in [-0.4, -0.2) is 12.6 Å². The molecule has 2 heterocycles. The highest BCUT2D eigenvalue weighted by Crippen LogP contribution is 2.38. The largest absolute Gasteiger partial charge is 0.446 e. The van der Waals surface area contributed by atoms with E-state index in [0.29, 0.717) is 22.8 Å². The minimum atomic E-state index is 0.288. The van der Waals surface area contributed by atoms with E-state index < -0.39 is 0 Å². The van der Waals surface area contributed by atoms with Gasteiger partial charge in [0.15, 0.2) is 34.3 Å². The summed E-state index contributed by atoms with van der Waals surface area (Å²) in [5.74, 6) is 0.576. The molecule has 0 amide bonds. The molecule has 0 saturated heterocycles. The van der Waals surface area contributed by atoms with Crippen LogP contribution in [0.25, 0.3) is 0 Å². The maximum absolute atomic E-state index is 10.4. The molecule has 0 aliphatic rings. The molecule has 0 unspecified atom stereocenters. The molecule has 16 heavy (non-hydrogen) atoms. The van der Waals surface area contributed by atoms with E-state index in [2.05, 4.69) is 0 Å². The summed E-state index contributed by atoms with van der Waals surface area (Å²) in [6.07, 6.45) is 1.29. The summed E-state index contributed by atoms with van der Waals surface area (Å²) >= 11 is 0. The van der Waals surface area contributed by atoms with Crippen molar-refractivity contribution in [3.05, 3.63) is 35.8 Å². The van der Waals surface area contributed by atoms with Gasteiger partial charge in [0.05, 0.1) is 0 Å². The number of hydrogen-bond donors (Lipinski definition) is 0. The van der Waals surface area contributed by atoms with Crippen LogP contribution in [0.3, 0.4) is 0 Å². The first-order valence-corrected chi connectivity index (χ1v) is 6.41. The van der Waals surface area contributed by atoms with Crippen LogP contribution in [0.2, 0.25) is 0 Å². The molecule has 0 N–H and O–H groups in total. The zero-order valence-electron chi connectivity index (χ0n) is 7.91. The fourth-order valence-electron chi connectivity index (χ4n) is 0.967. The summed E-state index contributed by atoms with van der Waals surface area (Å²) in [7, 11) is 2.63. The molecule has 0 aromatic carbocycles. The summed E-state index contributed by atoms with van der Waals surface area (Å²) in [4.78, 5) is 20.7. The third kappa shape index (κ3) is 2.59. The normalized spacial score (nSPS) is 10.2. The van der Waals surface area contributed by atoms with Gasteiger partial charge in [-0.25, -0.2) is 0 Å². The fraction of sp³-hybridized carbons (Fsp3) is 0. The Kier molecular flexibility index (Phi) is 3.53. The summed E-state index contributed by atoms with van der Waals surface area (Å²) in [5.41, 5.74) is 0. The minimum Gasteiger partial charge on any atom is -0.446 e. The quantitative estimate of drug-likeness (QED) is 0.602. The minimum absolute atomic E-state index is 0.288. The van der Waals surface area contributed by atoms with Crippen LogP contribution >= 0.6 is 21.6 Å². The third-order valence-electron chi connectivity index (χ3n) is 1.64. The second-order valence-corrected chi connectivity index (χ2v) is 4.85. The van der Waals surface area contributed by atoms with E-state index in [1.54, 1.807) is 24.3 Å². The molecule has 0 bridgehead atoms. The van der Waals surface area contributed by atoms with Crippen molar-refractivity contribution in [1.82, 2.24) is 0 Å². The van der Waals surface area contributed by atoms with Gasteiger partial charge in [0.25, 0.3) is 0 Å². The summed E-state index contributed by atoms with van der Waals surface area (Å²) in [5, 5.41) is 1.22. The van der Waals surface area contributed by atoms with Crippen molar-refractivity contribution in [2.45, 2.75) is 10.2 Å². The van der Waals surface area contributed by atoms with Crippen molar-refractivity contribution in [2.24, 2.45) is 0 Å². The Labute approximate surface area is 98.8 Å². The van der Waals surface area contributed by atoms with Gasteiger partial charge in [-0.1, -0.05) is 0 Å². The number of carbonyl (C=O) groups is 2. The van der Waals surface area contributed by atoms with E-state index >= 15 is 0 Å². The molecule has 2 aromatic rings. The summed E-state index contributed by atoms with van der Waals surface area (Å²) in [6, 6.07) is 6.58. The average Bonchev–Trinajstić information content (AvgIpc) is 2.95. The number of hydrogen-bond acceptors (Lipinski definition) is 6. The smallest absolute Gasteiger partial charge is 0.185 e. The molecule has 0 fully saturated rings. The predicted octanol–water partition coefficient (Wildman–Crippen LogP) is 3.30. The van der Waals surface area contributed by atoms with Gasteiger partial charge in [0.2, 0.25) is 0 Å². The molecular weight excluding hydrogens is 248 g/mol. The maximum atomic E-state index is 10.4. The van der Waals surface area contributed by atoms with Gasteiger partial charge >= 0.3 is 0 Å². The second-order valence-electron chi connectivity index (χ2n) is 2.72. The summed E-state index contributed by atoms with van der Waals surface area (Å²) < 4.78 is 10.3. The molecule has 6 heteroatoms. The van der Waals surface area contributed by atoms with Crippen LogP contribution in [0.5, 0.6) is 0 Å². The molecule has 4 nitrogen and oxygen atoms in total. The highest BCUT2D eigenvalue weighted by Gasteiger charge is 2.06. The Balaban J connectivity index is 1.96. The van der Waals surface area contributed by atoms with Crippen molar-refractivity contribution in [3.63, 3.8) is 0 Å². The SMILES string of the molecule is O=Cc1ccc(SSc2ccc(C=O)o2)o1. The molecule has 82 valence electrons. The lowest BCUT2D eigenvalue weighted by Crippen LogP contribution is -1.67. The average molecular weight is 254 g/mol. The molecule has 0 atom stereocenters. The van der Waals surface area contributed by atoms with Crippen molar-refractivity contribution >= 4 is 34.2 Å². The molecule has 2 aromatic heterocycles. The lowest BCUT2D eigenvalue weighted by molar-refractivity contribution is 0.108. The number of carbonyl (C=O) groups excluding carboxylic acids is 2. The van der Waals surface area contributed by atoms with Crippen molar-refractivity contribution in [2.75, 3.05) is 0 Å². The molecule has 0 aliphatic carbocycles. The van der Waals surface area contributed by atoms with E-state index in [0.717, 1.165) is 0 Å². The van der Waals surface area contributed by atoms with Crippen LogP contribution in [0.1, 0.15) is 21.1 Å². The predicted molar refractivity (Wildman–Crippen MR) is 59.9 cm³/mol. The third-order valence-corrected chi connectivity index (χ3v) is 3.73. The maximum Gasteiger partial charge on any atom is 0.185 e. The molecule has 0 aliphatic heterocycles. The zero-order chi connectivity index (χ0) is 11.4. The molecular formula is C10H6O4S2. The van der Waals surface area contributed by atoms with E-state index in [9.17, 15) is 9.59 Å². The van der Waals surface area contributed by atoms with Crippen LogP contribution in [0, 0.1) is 0 Å². The number of furan rings is 2. The van der Waals surface area contributed by atoms with Crippen molar-refractivity contribution in [1.29, 1.82) is 0 Å². The first-order chi connectivity index (χ1) is 7.81. The van der Waals surface area contributed by atoms with E-state index in [-0.39, 0.29) is 11.5 Å². The van der Waals surface area contributed by atoms with Crippen LogP contribution in [-0.2, 0) is 0 Å². The standard InChI is InChI=1S/C10H6O4S2/c11-5-7-1-3-9(13-7)15-16-10-4-2-8(6-12)14-10/h1-6H. The van der Waals surface area contributed by atoms with Crippen molar-refractivity contribution in [3.8, 4) is 0 Å². The van der Waals surface area contributed by atoms with Gasteiger partial charge < -0.3 is 8.83 Å². The Morgan fingerprint density at radius 3 is 1.56 bits per heavy atom. The van der Waals surface area contributed by atoms with Gasteiger partial charge in [0, 0.05) is 0 Å². The monoisotopic (exact) mass is 254 g/mol. The molecule has 0 radical (unpaired) electrons. The fourth-order valence-corrected chi connectivity index (χ4v) is 2.67. The summed E-state index contributed by atoms with van der Waals surface area (Å²) in [6.45, 7) is 0. The molecule has 0 spiro atoms. The highest BCUT2D eigenvalue weighted by molar-refractivity contribution is 8.76.